The highest BCUT2D eigenvalue weighted by Gasteiger charge is 2.07. The molecule has 1 aromatic heterocycles. The highest BCUT2D eigenvalue weighted by molar-refractivity contribution is 6.30. The second-order valence-corrected chi connectivity index (χ2v) is 4.04. The van der Waals surface area contributed by atoms with Gasteiger partial charge in [-0.25, -0.2) is 4.98 Å². The number of aliphatic hydroxyl groups excluding tert-OH is 1. The van der Waals surface area contributed by atoms with Crippen molar-refractivity contribution in [3.8, 4) is 0 Å². The van der Waals surface area contributed by atoms with Crippen molar-refractivity contribution in [3.05, 3.63) is 47.5 Å². The van der Waals surface area contributed by atoms with Crippen LogP contribution in [-0.2, 0) is 13.0 Å². The maximum Gasteiger partial charge on any atom is 0.137 e. The molecule has 0 spiro atoms. The van der Waals surface area contributed by atoms with Crippen molar-refractivity contribution < 1.29 is 5.11 Å². The molecular weight excluding hydrogens is 226 g/mol. The largest absolute Gasteiger partial charge is 0.391 e. The van der Waals surface area contributed by atoms with Crippen LogP contribution >= 0.6 is 11.6 Å². The fraction of sp³-hybridized carbons (Fsp3) is 0.273. The number of hydrogen-bond acceptors (Lipinski definition) is 3. The van der Waals surface area contributed by atoms with Crippen molar-refractivity contribution in [2.24, 2.45) is 0 Å². The minimum absolute atomic E-state index is 0.437. The Bertz CT molecular complexity index is 444. The van der Waals surface area contributed by atoms with E-state index in [-0.39, 0.29) is 0 Å². The first kappa shape index (κ1) is 11.1. The Morgan fingerprint density at radius 3 is 3.00 bits per heavy atom. The molecule has 0 saturated carbocycles. The minimum atomic E-state index is -0.486. The third-order valence-corrected chi connectivity index (χ3v) is 2.46. The van der Waals surface area contributed by atoms with E-state index in [1.165, 1.54) is 6.33 Å². The first-order chi connectivity index (χ1) is 7.74. The number of benzene rings is 1. The maximum atomic E-state index is 9.83. The van der Waals surface area contributed by atoms with Gasteiger partial charge in [0.05, 0.1) is 12.6 Å². The number of nitrogens with zero attached hydrogens (tertiary/aromatic N) is 3. The van der Waals surface area contributed by atoms with Gasteiger partial charge in [0.1, 0.15) is 12.7 Å². The minimum Gasteiger partial charge on any atom is -0.391 e. The van der Waals surface area contributed by atoms with Gasteiger partial charge in [-0.3, -0.25) is 4.68 Å². The maximum absolute atomic E-state index is 9.83. The van der Waals surface area contributed by atoms with E-state index in [1.807, 2.05) is 24.3 Å². The number of aromatic nitrogens is 3. The summed E-state index contributed by atoms with van der Waals surface area (Å²) in [5, 5.41) is 14.5. The monoisotopic (exact) mass is 237 g/mol. The van der Waals surface area contributed by atoms with Crippen LogP contribution in [0.15, 0.2) is 36.9 Å². The van der Waals surface area contributed by atoms with E-state index >= 15 is 0 Å². The zero-order valence-corrected chi connectivity index (χ0v) is 9.38. The van der Waals surface area contributed by atoms with Crippen molar-refractivity contribution in [1.82, 2.24) is 14.8 Å². The number of hydrogen-bond donors (Lipinski definition) is 1. The lowest BCUT2D eigenvalue weighted by Crippen LogP contribution is -2.18. The summed E-state index contributed by atoms with van der Waals surface area (Å²) >= 11 is 5.86. The fourth-order valence-corrected chi connectivity index (χ4v) is 1.76. The summed E-state index contributed by atoms with van der Waals surface area (Å²) in [4.78, 5) is 3.82. The van der Waals surface area contributed by atoms with Crippen LogP contribution in [0.5, 0.6) is 0 Å². The fourth-order valence-electron chi connectivity index (χ4n) is 1.54. The number of halogens is 1. The Morgan fingerprint density at radius 2 is 2.31 bits per heavy atom. The molecule has 4 nitrogen and oxygen atoms in total. The molecule has 84 valence electrons. The molecule has 0 aliphatic rings. The predicted molar refractivity (Wildman–Crippen MR) is 61.2 cm³/mol. The molecule has 1 N–H and O–H groups in total. The average molecular weight is 238 g/mol. The molecule has 0 saturated heterocycles. The molecule has 2 aromatic rings. The molecule has 1 aromatic carbocycles. The standard InChI is InChI=1S/C11H12ClN3O/c12-10-3-1-2-9(4-10)5-11(16)6-15-8-13-7-14-15/h1-4,7-8,11,16H,5-6H2/t11-/m0/s1. The lowest BCUT2D eigenvalue weighted by molar-refractivity contribution is 0.149. The SMILES string of the molecule is O[C@@H](Cc1cccc(Cl)c1)Cn1cncn1. The summed E-state index contributed by atoms with van der Waals surface area (Å²) in [5.74, 6) is 0. The molecule has 0 amide bonds. The molecule has 0 bridgehead atoms. The van der Waals surface area contributed by atoms with Gasteiger partial charge in [0.25, 0.3) is 0 Å². The highest BCUT2D eigenvalue weighted by atomic mass is 35.5. The number of rotatable bonds is 4. The average Bonchev–Trinajstić information content (AvgIpc) is 2.70. The van der Waals surface area contributed by atoms with Gasteiger partial charge in [-0.1, -0.05) is 23.7 Å². The molecule has 16 heavy (non-hydrogen) atoms. The van der Waals surface area contributed by atoms with Crippen LogP contribution in [0.25, 0.3) is 0 Å². The summed E-state index contributed by atoms with van der Waals surface area (Å²) in [7, 11) is 0. The Morgan fingerprint density at radius 1 is 1.44 bits per heavy atom. The van der Waals surface area contributed by atoms with E-state index < -0.39 is 6.10 Å². The normalized spacial score (nSPS) is 12.6. The summed E-state index contributed by atoms with van der Waals surface area (Å²) in [6.07, 6.45) is 3.11. The molecule has 0 aliphatic heterocycles. The van der Waals surface area contributed by atoms with Gasteiger partial charge < -0.3 is 5.11 Å². The van der Waals surface area contributed by atoms with Crippen LogP contribution in [-0.4, -0.2) is 26.0 Å². The summed E-state index contributed by atoms with van der Waals surface area (Å²) in [6.45, 7) is 0.437. The third-order valence-electron chi connectivity index (χ3n) is 2.22. The van der Waals surface area contributed by atoms with E-state index in [1.54, 1.807) is 11.0 Å². The van der Waals surface area contributed by atoms with E-state index in [2.05, 4.69) is 10.1 Å². The van der Waals surface area contributed by atoms with E-state index in [0.717, 1.165) is 5.56 Å². The third kappa shape index (κ3) is 3.05. The van der Waals surface area contributed by atoms with Crippen LogP contribution < -0.4 is 0 Å². The zero-order chi connectivity index (χ0) is 11.4. The van der Waals surface area contributed by atoms with Crippen LogP contribution in [0.1, 0.15) is 5.56 Å². The van der Waals surface area contributed by atoms with Crippen LogP contribution in [0.3, 0.4) is 0 Å². The van der Waals surface area contributed by atoms with Crippen molar-refractivity contribution in [2.75, 3.05) is 0 Å². The van der Waals surface area contributed by atoms with Crippen LogP contribution in [0, 0.1) is 0 Å². The molecular formula is C11H12ClN3O. The molecule has 0 radical (unpaired) electrons. The van der Waals surface area contributed by atoms with Gasteiger partial charge in [0.2, 0.25) is 0 Å². The quantitative estimate of drug-likeness (QED) is 0.878. The van der Waals surface area contributed by atoms with Crippen LogP contribution in [0.4, 0.5) is 0 Å². The zero-order valence-electron chi connectivity index (χ0n) is 8.62. The summed E-state index contributed by atoms with van der Waals surface area (Å²) in [6, 6.07) is 7.48. The van der Waals surface area contributed by atoms with Crippen molar-refractivity contribution in [3.63, 3.8) is 0 Å². The Hall–Kier alpha value is -1.39. The Balaban J connectivity index is 1.94. The highest BCUT2D eigenvalue weighted by Crippen LogP contribution is 2.12. The van der Waals surface area contributed by atoms with E-state index in [9.17, 15) is 5.11 Å². The molecule has 1 atom stereocenters. The second-order valence-electron chi connectivity index (χ2n) is 3.61. The predicted octanol–water partition coefficient (Wildman–Crippen LogP) is 1.54. The van der Waals surface area contributed by atoms with Crippen LogP contribution in [0.2, 0.25) is 5.02 Å². The van der Waals surface area contributed by atoms with E-state index in [4.69, 9.17) is 11.6 Å². The lowest BCUT2D eigenvalue weighted by Gasteiger charge is -2.10. The number of aliphatic hydroxyl groups is 1. The topological polar surface area (TPSA) is 50.9 Å². The van der Waals surface area contributed by atoms with Gasteiger partial charge in [0.15, 0.2) is 0 Å². The Kier molecular flexibility index (Phi) is 3.54. The molecule has 2 rings (SSSR count). The smallest absolute Gasteiger partial charge is 0.137 e. The molecule has 0 fully saturated rings. The van der Waals surface area contributed by atoms with Gasteiger partial charge in [0, 0.05) is 11.4 Å². The molecule has 0 unspecified atom stereocenters. The van der Waals surface area contributed by atoms with Crippen molar-refractivity contribution in [1.29, 1.82) is 0 Å². The van der Waals surface area contributed by atoms with E-state index in [0.29, 0.717) is 18.0 Å². The first-order valence-electron chi connectivity index (χ1n) is 4.99. The van der Waals surface area contributed by atoms with Gasteiger partial charge in [-0.15, -0.1) is 0 Å². The Labute approximate surface area is 98.5 Å². The second kappa shape index (κ2) is 5.09. The van der Waals surface area contributed by atoms with Gasteiger partial charge in [-0.05, 0) is 17.7 Å². The van der Waals surface area contributed by atoms with Gasteiger partial charge in [-0.2, -0.15) is 5.10 Å². The first-order valence-corrected chi connectivity index (χ1v) is 5.37. The van der Waals surface area contributed by atoms with Crippen molar-refractivity contribution in [2.45, 2.75) is 19.1 Å². The lowest BCUT2D eigenvalue weighted by atomic mass is 10.1. The summed E-state index contributed by atoms with van der Waals surface area (Å²) < 4.78 is 1.61. The molecule has 1 heterocycles. The summed E-state index contributed by atoms with van der Waals surface area (Å²) in [5.41, 5.74) is 1.01. The molecule has 5 heteroatoms. The molecule has 0 aliphatic carbocycles. The van der Waals surface area contributed by atoms with Gasteiger partial charge >= 0.3 is 0 Å². The van der Waals surface area contributed by atoms with Crippen molar-refractivity contribution >= 4 is 11.6 Å².